The molecular weight excluding hydrogens is 264 g/mol. The molecule has 0 unspecified atom stereocenters. The van der Waals surface area contributed by atoms with Crippen molar-refractivity contribution in [2.45, 2.75) is 6.92 Å². The molecule has 0 saturated heterocycles. The van der Waals surface area contributed by atoms with E-state index in [1.54, 1.807) is 42.5 Å². The fourth-order valence-corrected chi connectivity index (χ4v) is 1.82. The van der Waals surface area contributed by atoms with Gasteiger partial charge in [-0.2, -0.15) is 0 Å². The lowest BCUT2D eigenvalue weighted by atomic mass is 10.1. The average molecular weight is 280 g/mol. The molecule has 4 N–H and O–H groups in total. The molecule has 0 aliphatic carbocycles. The Labute approximate surface area is 123 Å². The topological polar surface area (TPSA) is 75.4 Å². The number of nitrogens with one attached hydrogen (secondary N) is 1. The van der Waals surface area contributed by atoms with Crippen LogP contribution < -0.4 is 11.1 Å². The summed E-state index contributed by atoms with van der Waals surface area (Å²) in [4.78, 5) is 12.1. The predicted molar refractivity (Wildman–Crippen MR) is 83.2 cm³/mol. The standard InChI is InChI=1S/C17H16N2O2/c1-12-4-9-15(16(20)11-12)17(21)19-14-7-5-13(6-8-14)3-2-10-18/h4-9,11,20H,10,18H2,1H3,(H,19,21). The Morgan fingerprint density at radius 3 is 2.57 bits per heavy atom. The van der Waals surface area contributed by atoms with Crippen molar-refractivity contribution in [1.82, 2.24) is 0 Å². The molecule has 0 radical (unpaired) electrons. The summed E-state index contributed by atoms with van der Waals surface area (Å²) in [6, 6.07) is 12.0. The Morgan fingerprint density at radius 2 is 1.95 bits per heavy atom. The van der Waals surface area contributed by atoms with E-state index >= 15 is 0 Å². The van der Waals surface area contributed by atoms with Gasteiger partial charge in [-0.05, 0) is 48.9 Å². The van der Waals surface area contributed by atoms with Crippen LogP contribution in [0.25, 0.3) is 0 Å². The molecule has 2 aromatic rings. The van der Waals surface area contributed by atoms with Crippen LogP contribution in [0, 0.1) is 18.8 Å². The Hall–Kier alpha value is -2.77. The Bertz CT molecular complexity index is 710. The van der Waals surface area contributed by atoms with Crippen LogP contribution in [-0.2, 0) is 0 Å². The van der Waals surface area contributed by atoms with Crippen molar-refractivity contribution in [3.05, 3.63) is 59.2 Å². The van der Waals surface area contributed by atoms with Crippen molar-refractivity contribution in [1.29, 1.82) is 0 Å². The maximum absolute atomic E-state index is 12.1. The first-order chi connectivity index (χ1) is 10.1. The number of aromatic hydroxyl groups is 1. The van der Waals surface area contributed by atoms with Crippen molar-refractivity contribution in [3.63, 3.8) is 0 Å². The molecule has 0 aromatic heterocycles. The highest BCUT2D eigenvalue weighted by Crippen LogP contribution is 2.20. The van der Waals surface area contributed by atoms with Crippen LogP contribution in [0.2, 0.25) is 0 Å². The van der Waals surface area contributed by atoms with Gasteiger partial charge in [-0.15, -0.1) is 0 Å². The van der Waals surface area contributed by atoms with Crippen LogP contribution in [0.3, 0.4) is 0 Å². The summed E-state index contributed by atoms with van der Waals surface area (Å²) in [5.41, 5.74) is 7.91. The van der Waals surface area contributed by atoms with Gasteiger partial charge >= 0.3 is 0 Å². The second-order valence-electron chi connectivity index (χ2n) is 4.56. The normalized spacial score (nSPS) is 9.62. The number of carbonyl (C=O) groups is 1. The lowest BCUT2D eigenvalue weighted by molar-refractivity contribution is 0.102. The molecule has 0 heterocycles. The number of rotatable bonds is 2. The lowest BCUT2D eigenvalue weighted by Gasteiger charge is -2.07. The minimum Gasteiger partial charge on any atom is -0.507 e. The maximum Gasteiger partial charge on any atom is 0.259 e. The van der Waals surface area contributed by atoms with E-state index in [2.05, 4.69) is 17.2 Å². The molecule has 2 aromatic carbocycles. The minimum atomic E-state index is -0.353. The van der Waals surface area contributed by atoms with E-state index in [0.717, 1.165) is 11.1 Å². The van der Waals surface area contributed by atoms with Crippen molar-refractivity contribution < 1.29 is 9.90 Å². The number of nitrogens with two attached hydrogens (primary N) is 1. The highest BCUT2D eigenvalue weighted by Gasteiger charge is 2.11. The first-order valence-corrected chi connectivity index (χ1v) is 6.50. The third-order valence-electron chi connectivity index (χ3n) is 2.88. The first-order valence-electron chi connectivity index (χ1n) is 6.50. The summed E-state index contributed by atoms with van der Waals surface area (Å²) >= 11 is 0. The molecule has 1 amide bonds. The largest absolute Gasteiger partial charge is 0.507 e. The fraction of sp³-hybridized carbons (Fsp3) is 0.118. The monoisotopic (exact) mass is 280 g/mol. The van der Waals surface area contributed by atoms with Crippen LogP contribution in [0.5, 0.6) is 5.75 Å². The van der Waals surface area contributed by atoms with Crippen LogP contribution >= 0.6 is 0 Å². The molecule has 0 aliphatic rings. The van der Waals surface area contributed by atoms with Crippen molar-refractivity contribution >= 4 is 11.6 Å². The molecule has 0 spiro atoms. The third-order valence-corrected chi connectivity index (χ3v) is 2.88. The zero-order valence-electron chi connectivity index (χ0n) is 11.7. The lowest BCUT2D eigenvalue weighted by Crippen LogP contribution is -2.12. The molecule has 0 fully saturated rings. The van der Waals surface area contributed by atoms with E-state index in [1.165, 1.54) is 0 Å². The summed E-state index contributed by atoms with van der Waals surface area (Å²) in [6.45, 7) is 2.16. The summed E-state index contributed by atoms with van der Waals surface area (Å²) in [5.74, 6) is 5.28. The van der Waals surface area contributed by atoms with Gasteiger partial charge in [0, 0.05) is 11.3 Å². The van der Waals surface area contributed by atoms with Crippen molar-refractivity contribution in [2.24, 2.45) is 5.73 Å². The number of hydrogen-bond donors (Lipinski definition) is 3. The van der Waals surface area contributed by atoms with Gasteiger partial charge in [0.05, 0.1) is 12.1 Å². The number of carbonyl (C=O) groups excluding carboxylic acids is 1. The highest BCUT2D eigenvalue weighted by molar-refractivity contribution is 6.06. The van der Waals surface area contributed by atoms with E-state index < -0.39 is 0 Å². The van der Waals surface area contributed by atoms with E-state index in [0.29, 0.717) is 12.2 Å². The van der Waals surface area contributed by atoms with Crippen molar-refractivity contribution in [3.8, 4) is 17.6 Å². The molecule has 2 rings (SSSR count). The number of aryl methyl sites for hydroxylation is 1. The van der Waals surface area contributed by atoms with Gasteiger partial charge in [0.15, 0.2) is 0 Å². The number of hydrogen-bond acceptors (Lipinski definition) is 3. The van der Waals surface area contributed by atoms with Crippen LogP contribution in [-0.4, -0.2) is 17.6 Å². The molecule has 4 nitrogen and oxygen atoms in total. The SMILES string of the molecule is Cc1ccc(C(=O)Nc2ccc(C#CCN)cc2)c(O)c1. The molecular formula is C17H16N2O2. The molecule has 21 heavy (non-hydrogen) atoms. The van der Waals surface area contributed by atoms with E-state index in [1.807, 2.05) is 6.92 Å². The number of benzene rings is 2. The van der Waals surface area contributed by atoms with Crippen LogP contribution in [0.15, 0.2) is 42.5 Å². The number of phenols is 1. The Kier molecular flexibility index (Phi) is 4.60. The second kappa shape index (κ2) is 6.60. The van der Waals surface area contributed by atoms with Gasteiger partial charge in [-0.25, -0.2) is 0 Å². The summed E-state index contributed by atoms with van der Waals surface area (Å²) in [5, 5.41) is 12.5. The van der Waals surface area contributed by atoms with Gasteiger partial charge in [0.1, 0.15) is 5.75 Å². The van der Waals surface area contributed by atoms with Gasteiger partial charge in [-0.3, -0.25) is 4.79 Å². The van der Waals surface area contributed by atoms with E-state index in [4.69, 9.17) is 5.73 Å². The average Bonchev–Trinajstić information content (AvgIpc) is 2.46. The molecule has 0 saturated carbocycles. The quantitative estimate of drug-likeness (QED) is 0.739. The zero-order chi connectivity index (χ0) is 15.2. The molecule has 0 bridgehead atoms. The third kappa shape index (κ3) is 3.85. The second-order valence-corrected chi connectivity index (χ2v) is 4.56. The molecule has 4 heteroatoms. The van der Waals surface area contributed by atoms with Gasteiger partial charge in [-0.1, -0.05) is 17.9 Å². The summed E-state index contributed by atoms with van der Waals surface area (Å²) < 4.78 is 0. The predicted octanol–water partition coefficient (Wildman–Crippen LogP) is 2.26. The molecule has 0 atom stereocenters. The smallest absolute Gasteiger partial charge is 0.259 e. The Balaban J connectivity index is 2.12. The van der Waals surface area contributed by atoms with Crippen LogP contribution in [0.4, 0.5) is 5.69 Å². The Morgan fingerprint density at radius 1 is 1.24 bits per heavy atom. The molecule has 0 aliphatic heterocycles. The highest BCUT2D eigenvalue weighted by atomic mass is 16.3. The fourth-order valence-electron chi connectivity index (χ4n) is 1.82. The minimum absolute atomic E-state index is 0.0297. The van der Waals surface area contributed by atoms with Gasteiger partial charge in [0.25, 0.3) is 5.91 Å². The number of anilines is 1. The molecule has 106 valence electrons. The zero-order valence-corrected chi connectivity index (χ0v) is 11.7. The van der Waals surface area contributed by atoms with Gasteiger partial charge in [0.2, 0.25) is 0 Å². The van der Waals surface area contributed by atoms with Crippen molar-refractivity contribution in [2.75, 3.05) is 11.9 Å². The number of phenolic OH excluding ortho intramolecular Hbond substituents is 1. The number of amides is 1. The first kappa shape index (κ1) is 14.6. The van der Waals surface area contributed by atoms with Gasteiger partial charge < -0.3 is 16.2 Å². The van der Waals surface area contributed by atoms with E-state index in [-0.39, 0.29) is 17.2 Å². The summed E-state index contributed by atoms with van der Waals surface area (Å²) in [6.07, 6.45) is 0. The van der Waals surface area contributed by atoms with Crippen LogP contribution in [0.1, 0.15) is 21.5 Å². The maximum atomic E-state index is 12.1. The summed E-state index contributed by atoms with van der Waals surface area (Å²) in [7, 11) is 0. The van der Waals surface area contributed by atoms with E-state index in [9.17, 15) is 9.90 Å².